The van der Waals surface area contributed by atoms with Crippen LogP contribution in [-0.2, 0) is 0 Å². The highest BCUT2D eigenvalue weighted by molar-refractivity contribution is 6.07. The van der Waals surface area contributed by atoms with E-state index in [-0.39, 0.29) is 0 Å². The highest BCUT2D eigenvalue weighted by Crippen LogP contribution is 2.22. The van der Waals surface area contributed by atoms with Gasteiger partial charge < -0.3 is 10.2 Å². The van der Waals surface area contributed by atoms with Crippen LogP contribution in [0.1, 0.15) is 34.5 Å². The SMILES string of the molecule is O[C@@H](/C(=N\N=C(/c1ccccc1)[C@H](O)c1ccccc1)c1ccccc1)c1ccccc1. The summed E-state index contributed by atoms with van der Waals surface area (Å²) in [4.78, 5) is 0. The van der Waals surface area contributed by atoms with Crippen molar-refractivity contribution in [2.24, 2.45) is 10.2 Å². The van der Waals surface area contributed by atoms with E-state index in [0.29, 0.717) is 11.4 Å². The van der Waals surface area contributed by atoms with Gasteiger partial charge >= 0.3 is 0 Å². The molecule has 0 aliphatic rings. The number of aliphatic hydroxyl groups is 2. The van der Waals surface area contributed by atoms with Gasteiger partial charge in [0.1, 0.15) is 23.6 Å². The van der Waals surface area contributed by atoms with Gasteiger partial charge in [-0.2, -0.15) is 10.2 Å². The highest BCUT2D eigenvalue weighted by Gasteiger charge is 2.20. The van der Waals surface area contributed by atoms with E-state index in [2.05, 4.69) is 10.2 Å². The first-order valence-corrected chi connectivity index (χ1v) is 10.5. The number of rotatable bonds is 7. The molecule has 0 amide bonds. The highest BCUT2D eigenvalue weighted by atomic mass is 16.3. The van der Waals surface area contributed by atoms with Crippen LogP contribution in [0.4, 0.5) is 0 Å². The van der Waals surface area contributed by atoms with Gasteiger partial charge in [0, 0.05) is 11.1 Å². The fourth-order valence-electron chi connectivity index (χ4n) is 3.45. The van der Waals surface area contributed by atoms with Crippen molar-refractivity contribution in [1.82, 2.24) is 0 Å². The van der Waals surface area contributed by atoms with Crippen molar-refractivity contribution in [3.05, 3.63) is 144 Å². The molecule has 0 aliphatic heterocycles. The van der Waals surface area contributed by atoms with Crippen molar-refractivity contribution in [3.63, 3.8) is 0 Å². The van der Waals surface area contributed by atoms with Crippen LogP contribution in [0.5, 0.6) is 0 Å². The molecule has 0 aliphatic carbocycles. The van der Waals surface area contributed by atoms with Gasteiger partial charge in [-0.1, -0.05) is 121 Å². The van der Waals surface area contributed by atoms with Gasteiger partial charge in [-0.05, 0) is 11.1 Å². The summed E-state index contributed by atoms with van der Waals surface area (Å²) in [6.07, 6.45) is -1.93. The molecule has 4 nitrogen and oxygen atoms in total. The van der Waals surface area contributed by atoms with Crippen molar-refractivity contribution >= 4 is 11.4 Å². The molecule has 0 bridgehead atoms. The molecule has 0 radical (unpaired) electrons. The van der Waals surface area contributed by atoms with Crippen molar-refractivity contribution < 1.29 is 10.2 Å². The lowest BCUT2D eigenvalue weighted by Gasteiger charge is -2.16. The van der Waals surface area contributed by atoms with E-state index < -0.39 is 12.2 Å². The summed E-state index contributed by atoms with van der Waals surface area (Å²) in [6.45, 7) is 0. The van der Waals surface area contributed by atoms with Crippen LogP contribution in [0.25, 0.3) is 0 Å². The van der Waals surface area contributed by atoms with E-state index in [0.717, 1.165) is 22.3 Å². The average molecular weight is 421 g/mol. The van der Waals surface area contributed by atoms with E-state index in [1.54, 1.807) is 0 Å². The zero-order valence-electron chi connectivity index (χ0n) is 17.5. The Balaban J connectivity index is 1.82. The standard InChI is InChI=1S/C28H24N2O2/c31-27(23-17-9-3-10-18-23)25(21-13-5-1-6-14-21)29-30-26(22-15-7-2-8-16-22)28(32)24-19-11-4-12-20-24/h1-20,27-28,31-32H/b29-25-,30-26+/t27-,28-/m1/s1. The number of aliphatic hydroxyl groups excluding tert-OH is 2. The first-order valence-electron chi connectivity index (χ1n) is 10.5. The molecule has 4 rings (SSSR count). The molecule has 0 saturated carbocycles. The van der Waals surface area contributed by atoms with Crippen LogP contribution in [0.2, 0.25) is 0 Å². The Bertz CT molecular complexity index is 1080. The predicted molar refractivity (Wildman–Crippen MR) is 129 cm³/mol. The Hall–Kier alpha value is -3.86. The molecule has 0 aromatic heterocycles. The zero-order valence-corrected chi connectivity index (χ0v) is 17.5. The Morgan fingerprint density at radius 2 is 0.719 bits per heavy atom. The van der Waals surface area contributed by atoms with Crippen LogP contribution in [0.3, 0.4) is 0 Å². The van der Waals surface area contributed by atoms with Gasteiger partial charge in [0.25, 0.3) is 0 Å². The third-order valence-corrected chi connectivity index (χ3v) is 5.15. The molecule has 32 heavy (non-hydrogen) atoms. The maximum Gasteiger partial charge on any atom is 0.123 e. The first-order chi connectivity index (χ1) is 15.7. The number of benzene rings is 4. The summed E-state index contributed by atoms with van der Waals surface area (Å²) in [5.74, 6) is 0. The monoisotopic (exact) mass is 420 g/mol. The van der Waals surface area contributed by atoms with Gasteiger partial charge in [0.05, 0.1) is 0 Å². The molecule has 0 saturated heterocycles. The van der Waals surface area contributed by atoms with Gasteiger partial charge in [-0.3, -0.25) is 0 Å². The molecule has 4 aromatic carbocycles. The minimum atomic E-state index is -0.965. The fourth-order valence-corrected chi connectivity index (χ4v) is 3.45. The van der Waals surface area contributed by atoms with Crippen molar-refractivity contribution in [1.29, 1.82) is 0 Å². The number of hydrogen-bond donors (Lipinski definition) is 2. The average Bonchev–Trinajstić information content (AvgIpc) is 2.88. The number of nitrogens with zero attached hydrogens (tertiary/aromatic N) is 2. The van der Waals surface area contributed by atoms with Crippen molar-refractivity contribution in [3.8, 4) is 0 Å². The lowest BCUT2D eigenvalue weighted by atomic mass is 9.99. The summed E-state index contributed by atoms with van der Waals surface area (Å²) in [5, 5.41) is 31.2. The molecular formula is C28H24N2O2. The predicted octanol–water partition coefficient (Wildman–Crippen LogP) is 5.35. The molecule has 4 heteroatoms. The Morgan fingerprint density at radius 3 is 1.03 bits per heavy atom. The summed E-state index contributed by atoms with van der Waals surface area (Å²) < 4.78 is 0. The van der Waals surface area contributed by atoms with Crippen LogP contribution in [0, 0.1) is 0 Å². The zero-order chi connectivity index (χ0) is 22.2. The second-order valence-corrected chi connectivity index (χ2v) is 7.33. The molecule has 0 heterocycles. The smallest absolute Gasteiger partial charge is 0.123 e. The lowest BCUT2D eigenvalue weighted by Crippen LogP contribution is -2.16. The molecule has 2 atom stereocenters. The molecule has 2 N–H and O–H groups in total. The number of hydrogen-bond acceptors (Lipinski definition) is 4. The maximum atomic E-state index is 11.1. The van der Waals surface area contributed by atoms with Crippen LogP contribution >= 0.6 is 0 Å². The molecule has 4 aromatic rings. The Kier molecular flexibility index (Phi) is 6.98. The molecule has 0 fully saturated rings. The lowest BCUT2D eigenvalue weighted by molar-refractivity contribution is 0.245. The Labute approximate surface area is 187 Å². The quantitative estimate of drug-likeness (QED) is 0.313. The normalized spacial score (nSPS) is 14.1. The van der Waals surface area contributed by atoms with Gasteiger partial charge in [-0.25, -0.2) is 0 Å². The molecule has 0 unspecified atom stereocenters. The molecule has 158 valence electrons. The van der Waals surface area contributed by atoms with E-state index >= 15 is 0 Å². The van der Waals surface area contributed by atoms with Crippen LogP contribution in [0.15, 0.2) is 132 Å². The second kappa shape index (κ2) is 10.4. The largest absolute Gasteiger partial charge is 0.382 e. The van der Waals surface area contributed by atoms with Crippen LogP contribution in [-0.4, -0.2) is 21.6 Å². The summed E-state index contributed by atoms with van der Waals surface area (Å²) in [5.41, 5.74) is 3.77. The third-order valence-electron chi connectivity index (χ3n) is 5.15. The second-order valence-electron chi connectivity index (χ2n) is 7.33. The van der Waals surface area contributed by atoms with Crippen molar-refractivity contribution in [2.45, 2.75) is 12.2 Å². The topological polar surface area (TPSA) is 65.2 Å². The van der Waals surface area contributed by atoms with E-state index in [1.165, 1.54) is 0 Å². The maximum absolute atomic E-state index is 11.1. The fraction of sp³-hybridized carbons (Fsp3) is 0.0714. The summed E-state index contributed by atoms with van der Waals surface area (Å²) >= 11 is 0. The summed E-state index contributed by atoms with van der Waals surface area (Å²) in [7, 11) is 0. The van der Waals surface area contributed by atoms with Crippen molar-refractivity contribution in [2.75, 3.05) is 0 Å². The minimum Gasteiger partial charge on any atom is -0.382 e. The van der Waals surface area contributed by atoms with Gasteiger partial charge in [0.2, 0.25) is 0 Å². The minimum absolute atomic E-state index is 0.408. The van der Waals surface area contributed by atoms with Gasteiger partial charge in [0.15, 0.2) is 0 Å². The van der Waals surface area contributed by atoms with E-state index in [9.17, 15) is 10.2 Å². The first kappa shape index (κ1) is 21.4. The van der Waals surface area contributed by atoms with E-state index in [1.807, 2.05) is 121 Å². The summed E-state index contributed by atoms with van der Waals surface area (Å²) in [6, 6.07) is 37.6. The molecule has 0 spiro atoms. The third kappa shape index (κ3) is 5.06. The Morgan fingerprint density at radius 1 is 0.438 bits per heavy atom. The van der Waals surface area contributed by atoms with Gasteiger partial charge in [-0.15, -0.1) is 0 Å². The van der Waals surface area contributed by atoms with Crippen LogP contribution < -0.4 is 0 Å². The molecular weight excluding hydrogens is 396 g/mol. The van der Waals surface area contributed by atoms with E-state index in [4.69, 9.17) is 0 Å².